The average molecular weight is 521 g/mol. The molecule has 4 amide bonds. The van der Waals surface area contributed by atoms with Crippen molar-refractivity contribution >= 4 is 74.6 Å². The number of nitrogens with zero attached hydrogens (tertiary/aromatic N) is 2. The molecule has 4 rings (SSSR count). The largest absolute Gasteiger partial charge is 0.384 e. The maximum Gasteiger partial charge on any atom is 0.348 e. The van der Waals surface area contributed by atoms with Crippen LogP contribution in [0, 0.1) is 0 Å². The highest BCUT2D eigenvalue weighted by atomic mass is 35.5. The van der Waals surface area contributed by atoms with E-state index in [9.17, 15) is 28.0 Å². The van der Waals surface area contributed by atoms with E-state index in [1.807, 2.05) is 0 Å². The van der Waals surface area contributed by atoms with Gasteiger partial charge in [-0.1, -0.05) is 41.1 Å². The summed E-state index contributed by atoms with van der Waals surface area (Å²) in [6.07, 6.45) is 0. The first-order valence-corrected chi connectivity index (χ1v) is 12.2. The molecule has 37 heavy (non-hydrogen) atoms. The summed E-state index contributed by atoms with van der Waals surface area (Å²) in [6, 6.07) is 9.68. The van der Waals surface area contributed by atoms with Gasteiger partial charge in [0.25, 0.3) is 11.8 Å². The Labute approximate surface area is 222 Å². The number of amides is 4. The number of rotatable bonds is 5. The molecule has 1 saturated heterocycles. The van der Waals surface area contributed by atoms with Crippen LogP contribution >= 0.6 is 11.6 Å². The summed E-state index contributed by atoms with van der Waals surface area (Å²) in [5.74, 6) is -6.93. The molecule has 0 aromatic heterocycles. The van der Waals surface area contributed by atoms with Crippen molar-refractivity contribution in [2.45, 2.75) is 35.5 Å². The predicted octanol–water partition coefficient (Wildman–Crippen LogP) is -2.25. The molecule has 0 aliphatic carbocycles. The fourth-order valence-corrected chi connectivity index (χ4v) is 5.18. The van der Waals surface area contributed by atoms with Gasteiger partial charge in [0, 0.05) is 35.1 Å². The van der Waals surface area contributed by atoms with Crippen LogP contribution in [0.1, 0.15) is 27.0 Å². The number of hydrogen-bond donors (Lipinski definition) is 1. The van der Waals surface area contributed by atoms with Crippen LogP contribution in [0.2, 0.25) is 16.1 Å². The van der Waals surface area contributed by atoms with Crippen molar-refractivity contribution in [1.82, 2.24) is 15.0 Å². The first kappa shape index (κ1) is 27.0. The number of piperidine rings is 1. The number of benzene rings is 2. The Morgan fingerprint density at radius 1 is 1.14 bits per heavy atom. The maximum absolute atomic E-state index is 14.8. The van der Waals surface area contributed by atoms with Gasteiger partial charge in [0.15, 0.2) is 0 Å². The molecule has 0 bridgehead atoms. The number of nitrogens with one attached hydrogen (secondary N) is 1. The molecule has 0 radical (unpaired) electrons. The molecule has 15 heteroatoms. The van der Waals surface area contributed by atoms with E-state index in [4.69, 9.17) is 11.6 Å². The molecule has 7 nitrogen and oxygen atoms in total. The van der Waals surface area contributed by atoms with E-state index in [-0.39, 0.29) is 29.9 Å². The van der Waals surface area contributed by atoms with E-state index in [0.717, 1.165) is 16.9 Å². The van der Waals surface area contributed by atoms with E-state index >= 15 is 0 Å². The molecule has 1 fully saturated rings. The summed E-state index contributed by atoms with van der Waals surface area (Å²) < 4.78 is 29.7. The van der Waals surface area contributed by atoms with Crippen molar-refractivity contribution in [3.8, 4) is 0 Å². The lowest BCUT2D eigenvalue weighted by Crippen LogP contribution is -2.72. The van der Waals surface area contributed by atoms with Crippen LogP contribution in [0.15, 0.2) is 42.5 Å². The molecule has 2 aromatic carbocycles. The monoisotopic (exact) mass is 521 g/mol. The van der Waals surface area contributed by atoms with Crippen LogP contribution in [-0.4, -0.2) is 78.1 Å². The fourth-order valence-electron chi connectivity index (χ4n) is 5.06. The molecule has 2 atom stereocenters. The molecular formula is C22H23B5ClF2N3O4. The number of fused-ring (bicyclic) bond motifs is 1. The zero-order chi connectivity index (χ0) is 27.5. The lowest BCUT2D eigenvalue weighted by Gasteiger charge is -2.54. The minimum absolute atomic E-state index is 0.106. The number of halogens is 3. The SMILES string of the molecule is BC1C(=O)NC(=O)[C@](B)(N2Cc3cc(CN(B)C(=O)C(F)(F)c4ccc(Cl)cc4)ccc3C2=O)C1(B)B. The van der Waals surface area contributed by atoms with Crippen LogP contribution in [0.5, 0.6) is 0 Å². The van der Waals surface area contributed by atoms with Crippen molar-refractivity contribution in [3.63, 3.8) is 0 Å². The topological polar surface area (TPSA) is 86.8 Å². The third kappa shape index (κ3) is 4.19. The van der Waals surface area contributed by atoms with Gasteiger partial charge >= 0.3 is 5.92 Å². The van der Waals surface area contributed by atoms with Crippen molar-refractivity contribution in [2.75, 3.05) is 0 Å². The number of hydrogen-bond acceptors (Lipinski definition) is 4. The van der Waals surface area contributed by atoms with Gasteiger partial charge in [-0.25, -0.2) is 0 Å². The minimum Gasteiger partial charge on any atom is -0.384 e. The smallest absolute Gasteiger partial charge is 0.348 e. The third-order valence-electron chi connectivity index (χ3n) is 8.16. The van der Waals surface area contributed by atoms with Gasteiger partial charge in [-0.15, -0.1) is 0 Å². The second-order valence-corrected chi connectivity index (χ2v) is 10.9. The van der Waals surface area contributed by atoms with Gasteiger partial charge in [-0.05, 0) is 29.3 Å². The minimum atomic E-state index is -3.74. The van der Waals surface area contributed by atoms with Crippen LogP contribution < -0.4 is 5.32 Å². The van der Waals surface area contributed by atoms with Crippen molar-refractivity contribution in [2.24, 2.45) is 0 Å². The van der Waals surface area contributed by atoms with Crippen molar-refractivity contribution < 1.29 is 28.0 Å². The predicted molar refractivity (Wildman–Crippen MR) is 147 cm³/mol. The molecule has 1 unspecified atom stereocenters. The van der Waals surface area contributed by atoms with E-state index in [1.165, 1.54) is 25.0 Å². The first-order chi connectivity index (χ1) is 17.1. The second-order valence-electron chi connectivity index (χ2n) is 10.5. The quantitative estimate of drug-likeness (QED) is 0.357. The first-order valence-electron chi connectivity index (χ1n) is 11.8. The zero-order valence-corrected chi connectivity index (χ0v) is 22.0. The van der Waals surface area contributed by atoms with Crippen LogP contribution in [0.3, 0.4) is 0 Å². The van der Waals surface area contributed by atoms with Gasteiger partial charge in [0.2, 0.25) is 19.8 Å². The summed E-state index contributed by atoms with van der Waals surface area (Å²) in [5.41, 5.74) is -0.208. The highest BCUT2D eigenvalue weighted by molar-refractivity contribution is 6.57. The number of alkyl halides is 2. The summed E-state index contributed by atoms with van der Waals surface area (Å²) in [7, 11) is 8.24. The lowest BCUT2D eigenvalue weighted by atomic mass is 9.31. The number of carbonyl (C=O) groups is 4. The van der Waals surface area contributed by atoms with Crippen LogP contribution in [-0.2, 0) is 33.4 Å². The fraction of sp³-hybridized carbons (Fsp3) is 0.273. The van der Waals surface area contributed by atoms with Crippen molar-refractivity contribution in [1.29, 1.82) is 0 Å². The second kappa shape index (κ2) is 9.08. The molecule has 2 aliphatic heterocycles. The lowest BCUT2D eigenvalue weighted by molar-refractivity contribution is -0.154. The Kier molecular flexibility index (Phi) is 6.63. The Bertz CT molecular complexity index is 1330. The summed E-state index contributed by atoms with van der Waals surface area (Å²) in [4.78, 5) is 53.7. The summed E-state index contributed by atoms with van der Waals surface area (Å²) in [6.45, 7) is -0.00682. The van der Waals surface area contributed by atoms with E-state index < -0.39 is 39.8 Å². The molecule has 1 N–H and O–H groups in total. The molecule has 186 valence electrons. The maximum atomic E-state index is 14.8. The molecule has 0 spiro atoms. The van der Waals surface area contributed by atoms with E-state index in [1.54, 1.807) is 49.6 Å². The van der Waals surface area contributed by atoms with Gasteiger partial charge in [0.1, 0.15) is 31.4 Å². The van der Waals surface area contributed by atoms with E-state index in [2.05, 4.69) is 5.32 Å². The number of carbonyl (C=O) groups excluding carboxylic acids is 4. The average Bonchev–Trinajstić information content (AvgIpc) is 3.17. The molecule has 2 aliphatic rings. The Morgan fingerprint density at radius 3 is 2.38 bits per heavy atom. The van der Waals surface area contributed by atoms with Gasteiger partial charge < -0.3 is 9.71 Å². The Hall–Kier alpha value is -3.01. The van der Waals surface area contributed by atoms with Crippen LogP contribution in [0.25, 0.3) is 0 Å². The summed E-state index contributed by atoms with van der Waals surface area (Å²) in [5, 5.41) is 1.81. The van der Waals surface area contributed by atoms with E-state index in [0.29, 0.717) is 16.7 Å². The Morgan fingerprint density at radius 2 is 1.76 bits per heavy atom. The zero-order valence-electron chi connectivity index (χ0n) is 21.2. The number of imide groups is 1. The normalized spacial score (nSPS) is 22.9. The van der Waals surface area contributed by atoms with Gasteiger partial charge in [-0.3, -0.25) is 24.5 Å². The molecule has 0 saturated carbocycles. The van der Waals surface area contributed by atoms with Crippen LogP contribution in [0.4, 0.5) is 8.78 Å². The molecule has 2 aromatic rings. The third-order valence-corrected chi connectivity index (χ3v) is 8.42. The molecular weight excluding hydrogens is 498 g/mol. The van der Waals surface area contributed by atoms with Gasteiger partial charge in [-0.2, -0.15) is 8.78 Å². The van der Waals surface area contributed by atoms with Gasteiger partial charge in [0.05, 0.1) is 5.44 Å². The van der Waals surface area contributed by atoms with Crippen molar-refractivity contribution in [3.05, 3.63) is 69.7 Å². The standard InChI is InChI=1S/C22H23B5ClF2N3O4/c23-15-16(34)31-18(36)22(26,21(15,24)25)32-9-11-7-10(1-6-14(11)17(32)35)8-33(27)19(37)20(29,30)12-2-4-13(28)5-3-12/h1-7,15H,8-9,23-27H2,(H,31,34,36)/t15?,22-/m0/s1. The Balaban J connectivity index is 1.56. The summed E-state index contributed by atoms with van der Waals surface area (Å²) >= 11 is 5.77. The highest BCUT2D eigenvalue weighted by Crippen LogP contribution is 2.49. The molecule has 2 heterocycles. The highest BCUT2D eigenvalue weighted by Gasteiger charge is 2.60.